The Labute approximate surface area is 127 Å². The highest BCUT2D eigenvalue weighted by atomic mass is 32.1. The van der Waals surface area contributed by atoms with Gasteiger partial charge in [-0.3, -0.25) is 4.79 Å². The Hall–Kier alpha value is -2.10. The van der Waals surface area contributed by atoms with Crippen LogP contribution in [-0.2, 0) is 6.54 Å². The second-order valence-corrected chi connectivity index (χ2v) is 5.59. The summed E-state index contributed by atoms with van der Waals surface area (Å²) in [6.07, 6.45) is 0.468. The van der Waals surface area contributed by atoms with Gasteiger partial charge in [0.1, 0.15) is 11.3 Å². The fourth-order valence-corrected chi connectivity index (χ4v) is 2.63. The van der Waals surface area contributed by atoms with Crippen molar-refractivity contribution in [1.29, 1.82) is 0 Å². The van der Waals surface area contributed by atoms with Crippen molar-refractivity contribution in [2.24, 2.45) is 0 Å². The molecule has 2 aromatic heterocycles. The Morgan fingerprint density at radius 1 is 1.48 bits per heavy atom. The Morgan fingerprint density at radius 3 is 2.95 bits per heavy atom. The summed E-state index contributed by atoms with van der Waals surface area (Å²) in [6, 6.07) is 3.84. The molecule has 0 aromatic carbocycles. The first kappa shape index (κ1) is 15.3. The zero-order valence-electron chi connectivity index (χ0n) is 11.9. The van der Waals surface area contributed by atoms with Crippen molar-refractivity contribution < 1.29 is 14.4 Å². The SMILES string of the molecule is Cc1noc(C)c1C(=O)NCc1ccc(C#CCCO)s1. The maximum absolute atomic E-state index is 12.1. The molecule has 0 radical (unpaired) electrons. The van der Waals surface area contributed by atoms with Crippen LogP contribution >= 0.6 is 11.3 Å². The number of hydrogen-bond acceptors (Lipinski definition) is 5. The highest BCUT2D eigenvalue weighted by molar-refractivity contribution is 7.12. The predicted molar refractivity (Wildman–Crippen MR) is 80.0 cm³/mol. The molecule has 1 amide bonds. The van der Waals surface area contributed by atoms with Crippen LogP contribution in [0.15, 0.2) is 16.7 Å². The van der Waals surface area contributed by atoms with Crippen molar-refractivity contribution in [3.05, 3.63) is 38.9 Å². The van der Waals surface area contributed by atoms with E-state index in [1.165, 1.54) is 11.3 Å². The molecule has 6 heteroatoms. The van der Waals surface area contributed by atoms with Gasteiger partial charge in [-0.2, -0.15) is 0 Å². The number of rotatable bonds is 4. The van der Waals surface area contributed by atoms with E-state index in [9.17, 15) is 4.79 Å². The molecule has 2 rings (SSSR count). The van der Waals surface area contributed by atoms with Crippen LogP contribution in [0.4, 0.5) is 0 Å². The third-order valence-corrected chi connectivity index (χ3v) is 3.79. The normalized spacial score (nSPS) is 10.0. The molecule has 0 saturated heterocycles. The van der Waals surface area contributed by atoms with Gasteiger partial charge in [0.25, 0.3) is 5.91 Å². The Bertz CT molecular complexity index is 672. The quantitative estimate of drug-likeness (QED) is 0.847. The van der Waals surface area contributed by atoms with E-state index < -0.39 is 0 Å². The van der Waals surface area contributed by atoms with E-state index >= 15 is 0 Å². The van der Waals surface area contributed by atoms with Crippen molar-refractivity contribution >= 4 is 17.2 Å². The smallest absolute Gasteiger partial charge is 0.257 e. The summed E-state index contributed by atoms with van der Waals surface area (Å²) in [5.41, 5.74) is 1.08. The zero-order valence-corrected chi connectivity index (χ0v) is 12.7. The molecule has 0 atom stereocenters. The molecular weight excluding hydrogens is 288 g/mol. The molecule has 2 aromatic rings. The summed E-state index contributed by atoms with van der Waals surface area (Å²) in [7, 11) is 0. The molecule has 0 aliphatic rings. The molecular formula is C15H16N2O3S. The van der Waals surface area contributed by atoms with Gasteiger partial charge in [0, 0.05) is 11.3 Å². The van der Waals surface area contributed by atoms with Crippen LogP contribution < -0.4 is 5.32 Å². The van der Waals surface area contributed by atoms with Gasteiger partial charge in [0.15, 0.2) is 0 Å². The number of aryl methyl sites for hydroxylation is 2. The van der Waals surface area contributed by atoms with Gasteiger partial charge >= 0.3 is 0 Å². The van der Waals surface area contributed by atoms with Crippen molar-refractivity contribution in [2.45, 2.75) is 26.8 Å². The number of carbonyl (C=O) groups excluding carboxylic acids is 1. The van der Waals surface area contributed by atoms with Crippen LogP contribution in [0.2, 0.25) is 0 Å². The van der Waals surface area contributed by atoms with E-state index in [4.69, 9.17) is 9.63 Å². The number of nitrogens with one attached hydrogen (secondary N) is 1. The van der Waals surface area contributed by atoms with Crippen molar-refractivity contribution in [3.8, 4) is 11.8 Å². The van der Waals surface area contributed by atoms with Gasteiger partial charge in [-0.15, -0.1) is 11.3 Å². The van der Waals surface area contributed by atoms with Crippen molar-refractivity contribution in [1.82, 2.24) is 10.5 Å². The number of hydrogen-bond donors (Lipinski definition) is 2. The van der Waals surface area contributed by atoms with E-state index in [-0.39, 0.29) is 12.5 Å². The van der Waals surface area contributed by atoms with E-state index in [1.54, 1.807) is 13.8 Å². The Balaban J connectivity index is 1.95. The summed E-state index contributed by atoms with van der Waals surface area (Å²) in [6.45, 7) is 3.97. The molecule has 2 N–H and O–H groups in total. The minimum absolute atomic E-state index is 0.0682. The number of nitrogens with zero attached hydrogens (tertiary/aromatic N) is 1. The van der Waals surface area contributed by atoms with Crippen LogP contribution in [0.25, 0.3) is 0 Å². The molecule has 5 nitrogen and oxygen atoms in total. The third kappa shape index (κ3) is 3.94. The zero-order chi connectivity index (χ0) is 15.2. The van der Waals surface area contributed by atoms with Gasteiger partial charge in [0.2, 0.25) is 0 Å². The molecule has 110 valence electrons. The van der Waals surface area contributed by atoms with Gasteiger partial charge in [-0.1, -0.05) is 17.0 Å². The van der Waals surface area contributed by atoms with Gasteiger partial charge in [0.05, 0.1) is 23.7 Å². The first-order chi connectivity index (χ1) is 10.1. The van der Waals surface area contributed by atoms with E-state index in [0.717, 1.165) is 9.75 Å². The molecule has 0 unspecified atom stereocenters. The number of carbonyl (C=O) groups is 1. The lowest BCUT2D eigenvalue weighted by molar-refractivity contribution is 0.0949. The van der Waals surface area contributed by atoms with Crippen LogP contribution in [0.3, 0.4) is 0 Å². The Kier molecular flexibility index (Phi) is 5.14. The fourth-order valence-electron chi connectivity index (χ4n) is 1.81. The van der Waals surface area contributed by atoms with E-state index in [2.05, 4.69) is 22.3 Å². The van der Waals surface area contributed by atoms with Crippen LogP contribution in [0.1, 0.15) is 38.0 Å². The number of aliphatic hydroxyl groups is 1. The molecule has 21 heavy (non-hydrogen) atoms. The maximum atomic E-state index is 12.1. The summed E-state index contributed by atoms with van der Waals surface area (Å²) in [4.78, 5) is 14.0. The standard InChI is InChI=1S/C15H16N2O3S/c1-10-14(11(2)20-17-10)15(19)16-9-13-7-6-12(21-13)5-3-4-8-18/h6-7,18H,4,8-9H2,1-2H3,(H,16,19). The average molecular weight is 304 g/mol. The first-order valence-electron chi connectivity index (χ1n) is 6.51. The monoisotopic (exact) mass is 304 g/mol. The van der Waals surface area contributed by atoms with E-state index in [1.807, 2.05) is 12.1 Å². The highest BCUT2D eigenvalue weighted by Crippen LogP contribution is 2.16. The maximum Gasteiger partial charge on any atom is 0.257 e. The molecule has 0 bridgehead atoms. The number of thiophene rings is 1. The minimum Gasteiger partial charge on any atom is -0.395 e. The van der Waals surface area contributed by atoms with Gasteiger partial charge in [-0.25, -0.2) is 0 Å². The van der Waals surface area contributed by atoms with Crippen LogP contribution in [0, 0.1) is 25.7 Å². The largest absolute Gasteiger partial charge is 0.395 e. The summed E-state index contributed by atoms with van der Waals surface area (Å²) < 4.78 is 4.98. The average Bonchev–Trinajstić information content (AvgIpc) is 3.04. The topological polar surface area (TPSA) is 75.4 Å². The second kappa shape index (κ2) is 7.07. The fraction of sp³-hybridized carbons (Fsp3) is 0.333. The van der Waals surface area contributed by atoms with Gasteiger partial charge in [-0.05, 0) is 26.0 Å². The number of aromatic nitrogens is 1. The Morgan fingerprint density at radius 2 is 2.29 bits per heavy atom. The lowest BCUT2D eigenvalue weighted by Gasteiger charge is -2.02. The highest BCUT2D eigenvalue weighted by Gasteiger charge is 2.17. The summed E-state index contributed by atoms with van der Waals surface area (Å²) >= 11 is 1.52. The summed E-state index contributed by atoms with van der Waals surface area (Å²) in [5, 5.41) is 15.3. The first-order valence-corrected chi connectivity index (χ1v) is 7.33. The predicted octanol–water partition coefficient (Wildman–Crippen LogP) is 2.02. The minimum atomic E-state index is -0.187. The second-order valence-electron chi connectivity index (χ2n) is 4.42. The lowest BCUT2D eigenvalue weighted by atomic mass is 10.2. The number of aliphatic hydroxyl groups excluding tert-OH is 1. The molecule has 0 aliphatic heterocycles. The van der Waals surface area contributed by atoms with Crippen LogP contribution in [0.5, 0.6) is 0 Å². The lowest BCUT2D eigenvalue weighted by Crippen LogP contribution is -2.23. The molecule has 0 spiro atoms. The molecule has 0 saturated carbocycles. The molecule has 0 aliphatic carbocycles. The summed E-state index contributed by atoms with van der Waals surface area (Å²) in [5.74, 6) is 6.17. The number of amides is 1. The third-order valence-electron chi connectivity index (χ3n) is 2.79. The molecule has 2 heterocycles. The molecule has 0 fully saturated rings. The van der Waals surface area contributed by atoms with Crippen molar-refractivity contribution in [2.75, 3.05) is 6.61 Å². The van der Waals surface area contributed by atoms with E-state index in [0.29, 0.717) is 30.0 Å². The van der Waals surface area contributed by atoms with Gasteiger partial charge < -0.3 is 14.9 Å². The van der Waals surface area contributed by atoms with Crippen LogP contribution in [-0.4, -0.2) is 22.8 Å². The van der Waals surface area contributed by atoms with Crippen molar-refractivity contribution in [3.63, 3.8) is 0 Å².